The van der Waals surface area contributed by atoms with Crippen molar-refractivity contribution in [2.75, 3.05) is 5.73 Å². The van der Waals surface area contributed by atoms with Crippen LogP contribution >= 0.6 is 11.3 Å². The fourth-order valence-corrected chi connectivity index (χ4v) is 1.87. The van der Waals surface area contributed by atoms with Crippen molar-refractivity contribution in [3.05, 3.63) is 46.3 Å². The van der Waals surface area contributed by atoms with Crippen molar-refractivity contribution in [3.8, 4) is 0 Å². The van der Waals surface area contributed by atoms with Crippen LogP contribution in [-0.2, 0) is 18.0 Å². The van der Waals surface area contributed by atoms with E-state index in [1.54, 1.807) is 17.4 Å². The molecule has 2 heterocycles. The molecule has 2 N–H and O–H groups in total. The number of hydrogen-bond donors (Lipinski definition) is 1. The summed E-state index contributed by atoms with van der Waals surface area (Å²) in [6.07, 6.45) is 0. The highest BCUT2D eigenvalue weighted by molar-refractivity contribution is 7.09. The van der Waals surface area contributed by atoms with Gasteiger partial charge in [0.15, 0.2) is 0 Å². The fraction of sp³-hybridized carbons (Fsp3) is 0.182. The summed E-state index contributed by atoms with van der Waals surface area (Å²) >= 11 is 1.69. The Kier molecular flexibility index (Phi) is 3.32. The van der Waals surface area contributed by atoms with Crippen LogP contribution in [0.25, 0.3) is 0 Å². The lowest BCUT2D eigenvalue weighted by atomic mass is 10.3. The molecule has 0 saturated carbocycles. The van der Waals surface area contributed by atoms with Gasteiger partial charge in [0, 0.05) is 4.88 Å². The van der Waals surface area contributed by atoms with Gasteiger partial charge < -0.3 is 10.5 Å². The summed E-state index contributed by atoms with van der Waals surface area (Å²) in [6, 6.07) is 9.62. The monoisotopic (exact) mass is 220 g/mol. The quantitative estimate of drug-likeness (QED) is 0.861. The number of hydrogen-bond acceptors (Lipinski definition) is 4. The Morgan fingerprint density at radius 3 is 2.87 bits per heavy atom. The third-order valence-electron chi connectivity index (χ3n) is 1.90. The molecule has 0 amide bonds. The Balaban J connectivity index is 1.83. The van der Waals surface area contributed by atoms with E-state index in [0.717, 1.165) is 5.69 Å². The Morgan fingerprint density at radius 2 is 2.13 bits per heavy atom. The van der Waals surface area contributed by atoms with Crippen molar-refractivity contribution >= 4 is 17.2 Å². The second-order valence-corrected chi connectivity index (χ2v) is 4.16. The van der Waals surface area contributed by atoms with Crippen LogP contribution in [0, 0.1) is 0 Å². The van der Waals surface area contributed by atoms with Crippen molar-refractivity contribution in [1.29, 1.82) is 0 Å². The highest BCUT2D eigenvalue weighted by Gasteiger charge is 1.97. The van der Waals surface area contributed by atoms with Gasteiger partial charge in [-0.25, -0.2) is 4.98 Å². The summed E-state index contributed by atoms with van der Waals surface area (Å²) in [5, 5.41) is 2.04. The predicted octanol–water partition coefficient (Wildman–Crippen LogP) is 2.44. The van der Waals surface area contributed by atoms with Crippen LogP contribution in [0.2, 0.25) is 0 Å². The van der Waals surface area contributed by atoms with E-state index in [9.17, 15) is 0 Å². The van der Waals surface area contributed by atoms with Crippen LogP contribution in [0.5, 0.6) is 0 Å². The molecule has 0 bridgehead atoms. The lowest BCUT2D eigenvalue weighted by Gasteiger charge is -2.02. The van der Waals surface area contributed by atoms with Crippen LogP contribution in [0.3, 0.4) is 0 Å². The highest BCUT2D eigenvalue weighted by atomic mass is 32.1. The van der Waals surface area contributed by atoms with E-state index in [-0.39, 0.29) is 0 Å². The summed E-state index contributed by atoms with van der Waals surface area (Å²) in [5.74, 6) is 0.534. The minimum absolute atomic E-state index is 0.503. The zero-order valence-electron chi connectivity index (χ0n) is 8.22. The van der Waals surface area contributed by atoms with Gasteiger partial charge in [-0.15, -0.1) is 11.3 Å². The van der Waals surface area contributed by atoms with Gasteiger partial charge in [0.2, 0.25) is 0 Å². The molecule has 0 spiro atoms. The molecule has 0 aliphatic rings. The fourth-order valence-electron chi connectivity index (χ4n) is 1.23. The Morgan fingerprint density at radius 1 is 1.20 bits per heavy atom. The van der Waals surface area contributed by atoms with Crippen LogP contribution < -0.4 is 5.73 Å². The number of pyridine rings is 1. The first-order valence-corrected chi connectivity index (χ1v) is 5.54. The maximum Gasteiger partial charge on any atom is 0.123 e. The normalized spacial score (nSPS) is 10.4. The van der Waals surface area contributed by atoms with E-state index in [0.29, 0.717) is 19.0 Å². The molecule has 78 valence electrons. The molecule has 0 radical (unpaired) electrons. The number of nitrogens with zero attached hydrogens (tertiary/aromatic N) is 1. The van der Waals surface area contributed by atoms with Crippen molar-refractivity contribution in [2.24, 2.45) is 0 Å². The third-order valence-corrected chi connectivity index (χ3v) is 2.75. The van der Waals surface area contributed by atoms with Crippen molar-refractivity contribution in [2.45, 2.75) is 13.2 Å². The van der Waals surface area contributed by atoms with Crippen molar-refractivity contribution in [1.82, 2.24) is 4.98 Å². The van der Waals surface area contributed by atoms with E-state index in [2.05, 4.69) is 11.1 Å². The average Bonchev–Trinajstić information content (AvgIpc) is 2.71. The van der Waals surface area contributed by atoms with Gasteiger partial charge in [-0.2, -0.15) is 0 Å². The zero-order chi connectivity index (χ0) is 10.5. The predicted molar refractivity (Wildman–Crippen MR) is 61.5 cm³/mol. The number of nitrogen functional groups attached to an aromatic ring is 1. The van der Waals surface area contributed by atoms with Crippen LogP contribution in [0.1, 0.15) is 10.6 Å². The summed E-state index contributed by atoms with van der Waals surface area (Å²) < 4.78 is 5.51. The summed E-state index contributed by atoms with van der Waals surface area (Å²) in [4.78, 5) is 5.37. The van der Waals surface area contributed by atoms with Gasteiger partial charge >= 0.3 is 0 Å². The number of thiophene rings is 1. The molecule has 0 atom stereocenters. The van der Waals surface area contributed by atoms with Gasteiger partial charge in [-0.1, -0.05) is 12.1 Å². The number of nitrogens with two attached hydrogens (primary N) is 1. The first-order chi connectivity index (χ1) is 7.34. The first-order valence-electron chi connectivity index (χ1n) is 4.66. The largest absolute Gasteiger partial charge is 0.384 e. The molecule has 4 heteroatoms. The van der Waals surface area contributed by atoms with E-state index in [1.165, 1.54) is 4.88 Å². The van der Waals surface area contributed by atoms with E-state index in [4.69, 9.17) is 10.5 Å². The summed E-state index contributed by atoms with van der Waals surface area (Å²) in [6.45, 7) is 1.14. The molecule has 0 unspecified atom stereocenters. The van der Waals surface area contributed by atoms with Gasteiger partial charge in [0.05, 0.1) is 18.9 Å². The van der Waals surface area contributed by atoms with Crippen LogP contribution in [0.4, 0.5) is 5.82 Å². The van der Waals surface area contributed by atoms with Gasteiger partial charge in [0.25, 0.3) is 0 Å². The molecular weight excluding hydrogens is 208 g/mol. The molecule has 2 aromatic rings. The molecule has 0 aliphatic carbocycles. The molecule has 15 heavy (non-hydrogen) atoms. The molecule has 2 rings (SSSR count). The van der Waals surface area contributed by atoms with E-state index < -0.39 is 0 Å². The smallest absolute Gasteiger partial charge is 0.123 e. The minimum atomic E-state index is 0.503. The number of rotatable bonds is 4. The minimum Gasteiger partial charge on any atom is -0.384 e. The van der Waals surface area contributed by atoms with Crippen LogP contribution in [0.15, 0.2) is 35.7 Å². The Hall–Kier alpha value is -1.39. The molecule has 3 nitrogen and oxygen atoms in total. The molecule has 0 fully saturated rings. The lowest BCUT2D eigenvalue weighted by Crippen LogP contribution is -1.98. The maximum absolute atomic E-state index is 5.56. The SMILES string of the molecule is Nc1cccc(COCc2cccs2)n1. The summed E-state index contributed by atoms with van der Waals surface area (Å²) in [5.41, 5.74) is 6.43. The second kappa shape index (κ2) is 4.91. The molecule has 0 saturated heterocycles. The molecule has 2 aromatic heterocycles. The van der Waals surface area contributed by atoms with E-state index >= 15 is 0 Å². The van der Waals surface area contributed by atoms with E-state index in [1.807, 2.05) is 23.6 Å². The second-order valence-electron chi connectivity index (χ2n) is 3.13. The average molecular weight is 220 g/mol. The van der Waals surface area contributed by atoms with Crippen LogP contribution in [-0.4, -0.2) is 4.98 Å². The zero-order valence-corrected chi connectivity index (χ0v) is 9.04. The standard InChI is InChI=1S/C11H12N2OS/c12-11-5-1-3-9(13-11)7-14-8-10-4-2-6-15-10/h1-6H,7-8H2,(H2,12,13). The van der Waals surface area contributed by atoms with Gasteiger partial charge in [-0.3, -0.25) is 0 Å². The number of aromatic nitrogens is 1. The van der Waals surface area contributed by atoms with Crippen molar-refractivity contribution < 1.29 is 4.74 Å². The molecular formula is C11H12N2OS. The molecule has 0 aliphatic heterocycles. The number of ether oxygens (including phenoxy) is 1. The Labute approximate surface area is 92.5 Å². The van der Waals surface area contributed by atoms with Crippen molar-refractivity contribution in [3.63, 3.8) is 0 Å². The maximum atomic E-state index is 5.56. The summed E-state index contributed by atoms with van der Waals surface area (Å²) in [7, 11) is 0. The lowest BCUT2D eigenvalue weighted by molar-refractivity contribution is 0.107. The van der Waals surface area contributed by atoms with Gasteiger partial charge in [0.1, 0.15) is 5.82 Å². The van der Waals surface area contributed by atoms with Gasteiger partial charge in [-0.05, 0) is 23.6 Å². The highest BCUT2D eigenvalue weighted by Crippen LogP contribution is 2.11. The topological polar surface area (TPSA) is 48.1 Å². The Bertz CT molecular complexity index is 414. The number of anilines is 1. The molecule has 0 aromatic carbocycles. The third kappa shape index (κ3) is 3.04. The first kappa shape index (κ1) is 10.1.